The number of piperidine rings is 1. The Morgan fingerprint density at radius 1 is 1.30 bits per heavy atom. The van der Waals surface area contributed by atoms with E-state index in [0.29, 0.717) is 11.6 Å². The Morgan fingerprint density at radius 3 is 2.95 bits per heavy atom. The molecule has 103 valence electrons. The van der Waals surface area contributed by atoms with Crippen molar-refractivity contribution < 1.29 is 4.79 Å². The van der Waals surface area contributed by atoms with Gasteiger partial charge in [0.25, 0.3) is 0 Å². The maximum absolute atomic E-state index is 11.3. The number of hydrogen-bond acceptors (Lipinski definition) is 5. The molecule has 2 aromatic rings. The molecule has 0 aliphatic carbocycles. The predicted octanol–water partition coefficient (Wildman–Crippen LogP) is 0.431. The summed E-state index contributed by atoms with van der Waals surface area (Å²) in [5, 5.41) is 3.14. The standard InChI is InChI=1S/C14H16N5O/c15-13(20)11-8-9(1-3-16-11)7-10-2-4-18-14-12(10)17-5-6-19-14/h2,4-7,9,11,16H,1,3,8H2,(H2,15,20). The number of carbonyl (C=O) groups is 1. The number of fused-ring (bicyclic) bond motifs is 1. The minimum absolute atomic E-state index is 0.246. The molecule has 2 unspecified atom stereocenters. The normalized spacial score (nSPS) is 22.8. The van der Waals surface area contributed by atoms with Crippen LogP contribution >= 0.6 is 0 Å². The maximum Gasteiger partial charge on any atom is 0.234 e. The van der Waals surface area contributed by atoms with E-state index in [4.69, 9.17) is 5.73 Å². The van der Waals surface area contributed by atoms with Gasteiger partial charge in [-0.05, 0) is 43.4 Å². The van der Waals surface area contributed by atoms with Crippen LogP contribution in [0, 0.1) is 12.3 Å². The second-order valence-electron chi connectivity index (χ2n) is 4.99. The van der Waals surface area contributed by atoms with Crippen LogP contribution in [0.1, 0.15) is 18.4 Å². The van der Waals surface area contributed by atoms with Crippen molar-refractivity contribution >= 4 is 17.1 Å². The topological polar surface area (TPSA) is 93.8 Å². The minimum Gasteiger partial charge on any atom is -0.368 e. The third-order valence-corrected chi connectivity index (χ3v) is 3.61. The molecule has 1 radical (unpaired) electrons. The van der Waals surface area contributed by atoms with Gasteiger partial charge in [-0.1, -0.05) is 0 Å². The molecule has 0 aromatic carbocycles. The van der Waals surface area contributed by atoms with Gasteiger partial charge in [-0.15, -0.1) is 0 Å². The number of rotatable bonds is 3. The van der Waals surface area contributed by atoms with Crippen molar-refractivity contribution in [2.75, 3.05) is 6.54 Å². The zero-order valence-corrected chi connectivity index (χ0v) is 11.0. The molecule has 6 heteroatoms. The Kier molecular flexibility index (Phi) is 3.56. The molecule has 6 nitrogen and oxygen atoms in total. The van der Waals surface area contributed by atoms with Gasteiger partial charge < -0.3 is 11.1 Å². The van der Waals surface area contributed by atoms with Gasteiger partial charge in [0, 0.05) is 18.6 Å². The second-order valence-corrected chi connectivity index (χ2v) is 4.99. The van der Waals surface area contributed by atoms with Crippen LogP contribution in [0.3, 0.4) is 0 Å². The molecule has 1 aliphatic rings. The number of pyridine rings is 1. The van der Waals surface area contributed by atoms with E-state index < -0.39 is 0 Å². The van der Waals surface area contributed by atoms with Crippen LogP contribution in [0.15, 0.2) is 24.7 Å². The number of nitrogens with two attached hydrogens (primary N) is 1. The van der Waals surface area contributed by atoms with Gasteiger partial charge >= 0.3 is 0 Å². The summed E-state index contributed by atoms with van der Waals surface area (Å²) >= 11 is 0. The number of primary amides is 1. The summed E-state index contributed by atoms with van der Waals surface area (Å²) in [5.74, 6) is 0.0174. The van der Waals surface area contributed by atoms with E-state index in [1.807, 2.05) is 6.07 Å². The predicted molar refractivity (Wildman–Crippen MR) is 74.4 cm³/mol. The summed E-state index contributed by atoms with van der Waals surface area (Å²) in [6.45, 7) is 0.795. The Morgan fingerprint density at radius 2 is 2.10 bits per heavy atom. The molecular weight excluding hydrogens is 254 g/mol. The lowest BCUT2D eigenvalue weighted by atomic mass is 9.87. The molecule has 2 aromatic heterocycles. The van der Waals surface area contributed by atoms with E-state index in [1.54, 1.807) is 18.6 Å². The summed E-state index contributed by atoms with van der Waals surface area (Å²) < 4.78 is 0. The highest BCUT2D eigenvalue weighted by Gasteiger charge is 2.26. The van der Waals surface area contributed by atoms with Crippen LogP contribution in [0.4, 0.5) is 0 Å². The smallest absolute Gasteiger partial charge is 0.234 e. The second kappa shape index (κ2) is 5.50. The molecular formula is C14H16N5O. The zero-order valence-electron chi connectivity index (χ0n) is 11.0. The molecule has 0 saturated carbocycles. The van der Waals surface area contributed by atoms with Crippen LogP contribution < -0.4 is 11.1 Å². The lowest BCUT2D eigenvalue weighted by Crippen LogP contribution is -2.46. The summed E-state index contributed by atoms with van der Waals surface area (Å²) in [5.41, 5.74) is 7.81. The molecule has 3 N–H and O–H groups in total. The summed E-state index contributed by atoms with van der Waals surface area (Å²) in [7, 11) is 0. The van der Waals surface area contributed by atoms with E-state index in [2.05, 4.69) is 26.7 Å². The van der Waals surface area contributed by atoms with Gasteiger partial charge in [0.05, 0.1) is 6.04 Å². The minimum atomic E-state index is -0.289. The van der Waals surface area contributed by atoms with E-state index in [9.17, 15) is 4.79 Å². The SMILES string of the molecule is NC(=O)C1CC([CH]c2ccnc3nccnc23)CCN1. The van der Waals surface area contributed by atoms with E-state index in [1.165, 1.54) is 0 Å². The molecule has 2 atom stereocenters. The fourth-order valence-electron chi connectivity index (χ4n) is 2.60. The lowest BCUT2D eigenvalue weighted by Gasteiger charge is -2.28. The highest BCUT2D eigenvalue weighted by atomic mass is 16.1. The molecule has 0 spiro atoms. The molecule has 1 amide bonds. The Labute approximate surface area is 116 Å². The monoisotopic (exact) mass is 270 g/mol. The van der Waals surface area contributed by atoms with Crippen LogP contribution in [0.5, 0.6) is 0 Å². The summed E-state index contributed by atoms with van der Waals surface area (Å²) in [4.78, 5) is 24.0. The number of amides is 1. The van der Waals surface area contributed by atoms with E-state index >= 15 is 0 Å². The van der Waals surface area contributed by atoms with Crippen molar-refractivity contribution in [2.45, 2.75) is 18.9 Å². The molecule has 3 rings (SSSR count). The van der Waals surface area contributed by atoms with Crippen LogP contribution in [-0.4, -0.2) is 33.4 Å². The van der Waals surface area contributed by atoms with Crippen LogP contribution in [0.2, 0.25) is 0 Å². The first-order valence-electron chi connectivity index (χ1n) is 6.67. The molecule has 1 fully saturated rings. The van der Waals surface area contributed by atoms with Crippen LogP contribution in [0.25, 0.3) is 11.2 Å². The largest absolute Gasteiger partial charge is 0.368 e. The van der Waals surface area contributed by atoms with E-state index in [0.717, 1.165) is 30.5 Å². The van der Waals surface area contributed by atoms with Gasteiger partial charge in [-0.3, -0.25) is 9.78 Å². The molecule has 1 saturated heterocycles. The third kappa shape index (κ3) is 2.60. The zero-order chi connectivity index (χ0) is 13.9. The number of aromatic nitrogens is 3. The van der Waals surface area contributed by atoms with Crippen molar-refractivity contribution in [1.82, 2.24) is 20.3 Å². The summed E-state index contributed by atoms with van der Waals surface area (Å²) in [6, 6.07) is 1.68. The average molecular weight is 270 g/mol. The Hall–Kier alpha value is -2.08. The average Bonchev–Trinajstić information content (AvgIpc) is 2.48. The van der Waals surface area contributed by atoms with Crippen molar-refractivity contribution in [2.24, 2.45) is 11.7 Å². The van der Waals surface area contributed by atoms with Crippen LogP contribution in [-0.2, 0) is 4.79 Å². The van der Waals surface area contributed by atoms with Gasteiger partial charge in [0.2, 0.25) is 5.91 Å². The number of nitrogens with zero attached hydrogens (tertiary/aromatic N) is 3. The fraction of sp³-hybridized carbons (Fsp3) is 0.357. The first kappa shape index (κ1) is 12.9. The Bertz CT molecular complexity index is 624. The summed E-state index contributed by atoms with van der Waals surface area (Å²) in [6.07, 6.45) is 8.88. The molecule has 3 heterocycles. The van der Waals surface area contributed by atoms with Crippen molar-refractivity contribution in [3.05, 3.63) is 36.6 Å². The highest BCUT2D eigenvalue weighted by Crippen LogP contribution is 2.25. The van der Waals surface area contributed by atoms with Gasteiger partial charge in [-0.2, -0.15) is 0 Å². The molecule has 20 heavy (non-hydrogen) atoms. The quantitative estimate of drug-likeness (QED) is 0.843. The highest BCUT2D eigenvalue weighted by molar-refractivity contribution is 5.80. The third-order valence-electron chi connectivity index (χ3n) is 3.61. The molecule has 1 aliphatic heterocycles. The van der Waals surface area contributed by atoms with Gasteiger partial charge in [-0.25, -0.2) is 9.97 Å². The first-order chi connectivity index (χ1) is 9.74. The Balaban J connectivity index is 1.81. The van der Waals surface area contributed by atoms with Gasteiger partial charge in [0.15, 0.2) is 5.65 Å². The first-order valence-corrected chi connectivity index (χ1v) is 6.67. The van der Waals surface area contributed by atoms with E-state index in [-0.39, 0.29) is 11.9 Å². The van der Waals surface area contributed by atoms with Crippen molar-refractivity contribution in [1.29, 1.82) is 0 Å². The number of nitrogens with one attached hydrogen (secondary N) is 1. The van der Waals surface area contributed by atoms with Gasteiger partial charge in [0.1, 0.15) is 5.52 Å². The maximum atomic E-state index is 11.3. The van der Waals surface area contributed by atoms with Crippen molar-refractivity contribution in [3.8, 4) is 0 Å². The fourth-order valence-corrected chi connectivity index (χ4v) is 2.60. The molecule has 0 bridgehead atoms. The number of hydrogen-bond donors (Lipinski definition) is 2. The number of carbonyl (C=O) groups excluding carboxylic acids is 1. The van der Waals surface area contributed by atoms with Crippen molar-refractivity contribution in [3.63, 3.8) is 0 Å². The lowest BCUT2D eigenvalue weighted by molar-refractivity contribution is -0.120.